The zero-order valence-electron chi connectivity index (χ0n) is 25.9. The Morgan fingerprint density at radius 1 is 0.636 bits per heavy atom. The molecule has 0 fully saturated rings. The molecule has 0 radical (unpaired) electrons. The van der Waals surface area contributed by atoms with Crippen LogP contribution < -0.4 is 4.90 Å². The molecule has 7 rings (SSSR count). The predicted octanol–water partition coefficient (Wildman–Crippen LogP) is 10.6. The predicted molar refractivity (Wildman–Crippen MR) is 182 cm³/mol. The third-order valence-electron chi connectivity index (χ3n) is 8.42. The molecule has 0 saturated carbocycles. The van der Waals surface area contributed by atoms with E-state index in [1.54, 1.807) is 0 Å². The third kappa shape index (κ3) is 4.94. The molecule has 5 heteroatoms. The van der Waals surface area contributed by atoms with E-state index in [0.717, 1.165) is 34.7 Å². The molecule has 44 heavy (non-hydrogen) atoms. The van der Waals surface area contributed by atoms with Crippen molar-refractivity contribution in [1.82, 2.24) is 14.8 Å². The molecule has 2 aromatic heterocycles. The molecular formula is C39H36N4O. The normalized spacial score (nSPS) is 11.8. The number of anilines is 3. The van der Waals surface area contributed by atoms with Gasteiger partial charge in [0.1, 0.15) is 0 Å². The first kappa shape index (κ1) is 27.7. The van der Waals surface area contributed by atoms with Gasteiger partial charge < -0.3 is 13.9 Å². The summed E-state index contributed by atoms with van der Waals surface area (Å²) in [7, 11) is 0. The van der Waals surface area contributed by atoms with Crippen LogP contribution in [0.2, 0.25) is 0 Å². The van der Waals surface area contributed by atoms with Crippen molar-refractivity contribution in [3.63, 3.8) is 0 Å². The molecule has 0 spiro atoms. The third-order valence-corrected chi connectivity index (χ3v) is 8.42. The van der Waals surface area contributed by atoms with Crippen molar-refractivity contribution >= 4 is 38.9 Å². The van der Waals surface area contributed by atoms with Crippen molar-refractivity contribution < 1.29 is 4.42 Å². The molecule has 0 amide bonds. The summed E-state index contributed by atoms with van der Waals surface area (Å²) in [4.78, 5) is 2.30. The monoisotopic (exact) mass is 576 g/mol. The molecule has 5 nitrogen and oxygen atoms in total. The number of rotatable bonds is 6. The number of fused-ring (bicyclic) bond motifs is 3. The first-order valence-electron chi connectivity index (χ1n) is 15.2. The van der Waals surface area contributed by atoms with Gasteiger partial charge in [-0.15, -0.1) is 10.2 Å². The minimum atomic E-state index is 0.0902. The van der Waals surface area contributed by atoms with Crippen molar-refractivity contribution in [3.8, 4) is 22.9 Å². The highest BCUT2D eigenvalue weighted by molar-refractivity contribution is 6.09. The Bertz CT molecular complexity index is 2080. The summed E-state index contributed by atoms with van der Waals surface area (Å²) in [5.41, 5.74) is 10.1. The van der Waals surface area contributed by atoms with Gasteiger partial charge in [0.25, 0.3) is 0 Å². The second kappa shape index (κ2) is 10.8. The Labute approximate surface area is 258 Å². The Hall–Kier alpha value is -5.16. The fourth-order valence-corrected chi connectivity index (χ4v) is 5.98. The van der Waals surface area contributed by atoms with Crippen LogP contribution in [-0.4, -0.2) is 14.8 Å². The second-order valence-corrected chi connectivity index (χ2v) is 12.4. The molecule has 5 aromatic carbocycles. The summed E-state index contributed by atoms with van der Waals surface area (Å²) in [6.45, 7) is 11.9. The lowest BCUT2D eigenvalue weighted by Gasteiger charge is -2.26. The number of benzene rings is 5. The lowest BCUT2D eigenvalue weighted by Crippen LogP contribution is -2.10. The van der Waals surface area contributed by atoms with Gasteiger partial charge in [-0.1, -0.05) is 68.8 Å². The average molecular weight is 577 g/mol. The van der Waals surface area contributed by atoms with Gasteiger partial charge >= 0.3 is 0 Å². The van der Waals surface area contributed by atoms with Crippen LogP contribution in [0.25, 0.3) is 44.7 Å². The Morgan fingerprint density at radius 3 is 1.80 bits per heavy atom. The van der Waals surface area contributed by atoms with Crippen molar-refractivity contribution in [3.05, 3.63) is 126 Å². The highest BCUT2D eigenvalue weighted by Gasteiger charge is 2.18. The highest BCUT2D eigenvalue weighted by atomic mass is 16.4. The van der Waals surface area contributed by atoms with Crippen LogP contribution in [0.3, 0.4) is 0 Å². The lowest BCUT2D eigenvalue weighted by atomic mass is 9.87. The summed E-state index contributed by atoms with van der Waals surface area (Å²) < 4.78 is 8.51. The van der Waals surface area contributed by atoms with Crippen LogP contribution in [0.15, 0.2) is 120 Å². The molecule has 0 saturated heterocycles. The fourth-order valence-electron chi connectivity index (χ4n) is 5.98. The van der Waals surface area contributed by atoms with Gasteiger partial charge in [0, 0.05) is 56.5 Å². The van der Waals surface area contributed by atoms with Gasteiger partial charge in [-0.2, -0.15) is 0 Å². The largest absolute Gasteiger partial charge is 0.416 e. The van der Waals surface area contributed by atoms with Crippen molar-refractivity contribution in [1.29, 1.82) is 0 Å². The van der Waals surface area contributed by atoms with Crippen molar-refractivity contribution in [2.45, 2.75) is 46.6 Å². The van der Waals surface area contributed by atoms with Gasteiger partial charge in [0.15, 0.2) is 0 Å². The van der Waals surface area contributed by atoms with E-state index in [2.05, 4.69) is 170 Å². The lowest BCUT2D eigenvalue weighted by molar-refractivity contribution is 0.582. The molecule has 0 aliphatic carbocycles. The summed E-state index contributed by atoms with van der Waals surface area (Å²) in [5, 5.41) is 11.2. The van der Waals surface area contributed by atoms with Crippen LogP contribution in [0.4, 0.5) is 17.1 Å². The molecule has 2 heterocycles. The molecule has 218 valence electrons. The Kier molecular flexibility index (Phi) is 6.81. The minimum Gasteiger partial charge on any atom is -0.416 e. The number of hydrogen-bond donors (Lipinski definition) is 0. The average Bonchev–Trinajstić information content (AvgIpc) is 3.65. The van der Waals surface area contributed by atoms with Gasteiger partial charge in [-0.25, -0.2) is 0 Å². The molecule has 0 N–H and O–H groups in total. The molecule has 0 bridgehead atoms. The number of aryl methyl sites for hydroxylation is 2. The summed E-state index contributed by atoms with van der Waals surface area (Å²) in [5.74, 6) is 1.02. The molecule has 7 aromatic rings. The van der Waals surface area contributed by atoms with E-state index in [0.29, 0.717) is 11.8 Å². The number of nitrogens with zero attached hydrogens (tertiary/aromatic N) is 4. The van der Waals surface area contributed by atoms with Gasteiger partial charge in [0.05, 0.1) is 0 Å². The van der Waals surface area contributed by atoms with Gasteiger partial charge in [-0.05, 0) is 97.6 Å². The summed E-state index contributed by atoms with van der Waals surface area (Å²) >= 11 is 0. The van der Waals surface area contributed by atoms with Gasteiger partial charge in [-0.3, -0.25) is 0 Å². The number of hydrogen-bond acceptors (Lipinski definition) is 4. The van der Waals surface area contributed by atoms with E-state index >= 15 is 0 Å². The minimum absolute atomic E-state index is 0.0902. The van der Waals surface area contributed by atoms with E-state index < -0.39 is 0 Å². The standard InChI is InChI=1S/C39H36N4O/c1-6-42-35-10-8-7-9-33(35)34-25-32(23-24-36(34)42)43(30-19-11-26(2)12-20-30)31-21-15-28(16-22-31)38-41-40-37(44-38)27-13-17-29(18-14-27)39(3,4)5/h7-25H,6H2,1-5H3. The molecule has 0 aliphatic rings. The highest BCUT2D eigenvalue weighted by Crippen LogP contribution is 2.39. The zero-order chi connectivity index (χ0) is 30.4. The molecule has 0 unspecified atom stereocenters. The topological polar surface area (TPSA) is 47.1 Å². The van der Waals surface area contributed by atoms with Crippen LogP contribution >= 0.6 is 0 Å². The zero-order valence-corrected chi connectivity index (χ0v) is 25.9. The molecular weight excluding hydrogens is 540 g/mol. The quantitative estimate of drug-likeness (QED) is 0.198. The summed E-state index contributed by atoms with van der Waals surface area (Å²) in [6.07, 6.45) is 0. The molecule has 0 aliphatic heterocycles. The Balaban J connectivity index is 1.26. The van der Waals surface area contributed by atoms with Crippen LogP contribution in [0.5, 0.6) is 0 Å². The SMILES string of the molecule is CCn1c2ccccc2c2cc(N(c3ccc(C)cc3)c3ccc(-c4nnc(-c5ccc(C(C)(C)C)cc5)o4)cc3)ccc21. The molecule has 0 atom stereocenters. The van der Waals surface area contributed by atoms with E-state index in [9.17, 15) is 0 Å². The van der Waals surface area contributed by atoms with E-state index in [-0.39, 0.29) is 5.41 Å². The van der Waals surface area contributed by atoms with Crippen LogP contribution in [0, 0.1) is 6.92 Å². The second-order valence-electron chi connectivity index (χ2n) is 12.4. The van der Waals surface area contributed by atoms with E-state index in [4.69, 9.17) is 4.42 Å². The van der Waals surface area contributed by atoms with Crippen LogP contribution in [0.1, 0.15) is 38.8 Å². The van der Waals surface area contributed by atoms with Crippen molar-refractivity contribution in [2.75, 3.05) is 4.90 Å². The first-order chi connectivity index (χ1) is 21.3. The maximum absolute atomic E-state index is 6.13. The Morgan fingerprint density at radius 2 is 1.18 bits per heavy atom. The van der Waals surface area contributed by atoms with E-state index in [1.807, 2.05) is 0 Å². The maximum Gasteiger partial charge on any atom is 0.248 e. The fraction of sp³-hybridized carbons (Fsp3) is 0.179. The number of para-hydroxylation sites is 1. The van der Waals surface area contributed by atoms with Crippen molar-refractivity contribution in [2.24, 2.45) is 0 Å². The van der Waals surface area contributed by atoms with Crippen LogP contribution in [-0.2, 0) is 12.0 Å². The van der Waals surface area contributed by atoms with E-state index in [1.165, 1.54) is 32.9 Å². The smallest absolute Gasteiger partial charge is 0.248 e. The van der Waals surface area contributed by atoms with Gasteiger partial charge in [0.2, 0.25) is 11.8 Å². The summed E-state index contributed by atoms with van der Waals surface area (Å²) in [6, 6.07) is 40.8. The maximum atomic E-state index is 6.13. The first-order valence-corrected chi connectivity index (χ1v) is 15.2. The number of aromatic nitrogens is 3.